The van der Waals surface area contributed by atoms with Gasteiger partial charge in [0.2, 0.25) is 11.8 Å². The number of nitrogens with zero attached hydrogens (tertiary/aromatic N) is 5. The minimum Gasteiger partial charge on any atom is -0.497 e. The first-order valence-corrected chi connectivity index (χ1v) is 12.6. The van der Waals surface area contributed by atoms with Gasteiger partial charge in [-0.15, -0.1) is 0 Å². The van der Waals surface area contributed by atoms with E-state index in [1.165, 1.54) is 10.4 Å². The third-order valence-electron chi connectivity index (χ3n) is 7.18. The molecule has 0 saturated carbocycles. The van der Waals surface area contributed by atoms with E-state index >= 15 is 0 Å². The molecule has 3 heterocycles. The predicted octanol–water partition coefficient (Wildman–Crippen LogP) is 4.37. The number of hydrogen-bond donors (Lipinski definition) is 0. The highest BCUT2D eigenvalue weighted by Crippen LogP contribution is 2.41. The number of aromatic nitrogens is 3. The molecule has 0 bridgehead atoms. The lowest BCUT2D eigenvalue weighted by Crippen LogP contribution is -2.39. The molecule has 192 valence electrons. The van der Waals surface area contributed by atoms with Crippen LogP contribution in [0.5, 0.6) is 5.75 Å². The zero-order chi connectivity index (χ0) is 26.3. The standard InChI is InChI=1S/C30H29N5O3/c1-20-4-10-23(11-5-20)26-16-31-35(33-26)28-29(36)34(17-22-8-14-25(37-3)15-9-22)19-30(28)32-27(18-38-30)24-12-6-21(2)7-13-24/h4-16,28H,17-19H2,1-3H3. The number of hydrogen-bond acceptors (Lipinski definition) is 6. The highest BCUT2D eigenvalue weighted by atomic mass is 16.5. The van der Waals surface area contributed by atoms with Crippen molar-refractivity contribution in [3.8, 4) is 17.0 Å². The minimum absolute atomic E-state index is 0.124. The Kier molecular flexibility index (Phi) is 6.04. The van der Waals surface area contributed by atoms with Gasteiger partial charge in [-0.3, -0.25) is 4.79 Å². The van der Waals surface area contributed by atoms with Crippen LogP contribution in [-0.4, -0.2) is 57.5 Å². The van der Waals surface area contributed by atoms with E-state index in [1.54, 1.807) is 18.2 Å². The zero-order valence-corrected chi connectivity index (χ0v) is 21.7. The number of aliphatic imine (C=N–C) groups is 1. The molecular formula is C30H29N5O3. The number of ether oxygens (including phenoxy) is 2. The summed E-state index contributed by atoms with van der Waals surface area (Å²) in [5.74, 6) is 0.646. The lowest BCUT2D eigenvalue weighted by molar-refractivity contribution is -0.133. The van der Waals surface area contributed by atoms with E-state index in [1.807, 2.05) is 67.6 Å². The van der Waals surface area contributed by atoms with E-state index in [9.17, 15) is 4.79 Å². The molecule has 1 aromatic heterocycles. The van der Waals surface area contributed by atoms with E-state index in [2.05, 4.69) is 24.2 Å². The van der Waals surface area contributed by atoms with E-state index in [0.717, 1.165) is 33.7 Å². The second kappa shape index (κ2) is 9.54. The fraction of sp³-hybridized carbons (Fsp3) is 0.267. The number of benzene rings is 3. The summed E-state index contributed by atoms with van der Waals surface area (Å²) in [7, 11) is 1.64. The molecule has 2 unspecified atom stereocenters. The summed E-state index contributed by atoms with van der Waals surface area (Å²) in [6.45, 7) is 5.14. The highest BCUT2D eigenvalue weighted by Gasteiger charge is 2.58. The molecule has 0 aliphatic carbocycles. The van der Waals surface area contributed by atoms with Crippen molar-refractivity contribution in [2.24, 2.45) is 4.99 Å². The van der Waals surface area contributed by atoms with Crippen LogP contribution in [0, 0.1) is 13.8 Å². The predicted molar refractivity (Wildman–Crippen MR) is 144 cm³/mol. The van der Waals surface area contributed by atoms with Crippen molar-refractivity contribution in [2.75, 3.05) is 20.3 Å². The van der Waals surface area contributed by atoms with Crippen molar-refractivity contribution < 1.29 is 14.3 Å². The van der Waals surface area contributed by atoms with Gasteiger partial charge in [0.05, 0.1) is 32.2 Å². The Hall–Kier alpha value is -4.30. The van der Waals surface area contributed by atoms with Gasteiger partial charge in [-0.25, -0.2) is 4.99 Å². The second-order valence-corrected chi connectivity index (χ2v) is 9.92. The normalized spacial score (nSPS) is 20.8. The van der Waals surface area contributed by atoms with Crippen LogP contribution in [0.25, 0.3) is 11.3 Å². The average molecular weight is 508 g/mol. The molecule has 0 radical (unpaired) electrons. The van der Waals surface area contributed by atoms with Gasteiger partial charge in [-0.1, -0.05) is 71.8 Å². The SMILES string of the molecule is COc1ccc(CN2CC3(N=C(c4ccc(C)cc4)CO3)C(n3ncc(-c4ccc(C)cc4)n3)C2=O)cc1. The van der Waals surface area contributed by atoms with Crippen LogP contribution < -0.4 is 4.74 Å². The molecule has 4 aromatic rings. The fourth-order valence-electron chi connectivity index (χ4n) is 5.03. The minimum atomic E-state index is -1.12. The molecule has 1 spiro atoms. The van der Waals surface area contributed by atoms with Crippen molar-refractivity contribution in [2.45, 2.75) is 32.2 Å². The topological polar surface area (TPSA) is 81.8 Å². The maximum absolute atomic E-state index is 13.9. The van der Waals surface area contributed by atoms with Crippen molar-refractivity contribution in [3.63, 3.8) is 0 Å². The Bertz CT molecular complexity index is 1490. The van der Waals surface area contributed by atoms with Crippen LogP contribution >= 0.6 is 0 Å². The smallest absolute Gasteiger partial charge is 0.255 e. The molecule has 6 rings (SSSR count). The van der Waals surface area contributed by atoms with Crippen LogP contribution in [-0.2, 0) is 16.1 Å². The number of carbonyl (C=O) groups is 1. The number of carbonyl (C=O) groups excluding carboxylic acids is 1. The number of methoxy groups -OCH3 is 1. The molecule has 2 atom stereocenters. The van der Waals surface area contributed by atoms with Gasteiger partial charge in [-0.2, -0.15) is 15.0 Å². The number of amides is 1. The van der Waals surface area contributed by atoms with E-state index in [-0.39, 0.29) is 5.91 Å². The van der Waals surface area contributed by atoms with Gasteiger partial charge in [0.15, 0.2) is 0 Å². The zero-order valence-electron chi connectivity index (χ0n) is 21.7. The quantitative estimate of drug-likeness (QED) is 0.387. The molecule has 1 fully saturated rings. The van der Waals surface area contributed by atoms with Crippen LogP contribution in [0.3, 0.4) is 0 Å². The third kappa shape index (κ3) is 4.37. The third-order valence-corrected chi connectivity index (χ3v) is 7.18. The van der Waals surface area contributed by atoms with Gasteiger partial charge in [-0.05, 0) is 37.1 Å². The lowest BCUT2D eigenvalue weighted by Gasteiger charge is -2.24. The van der Waals surface area contributed by atoms with Crippen molar-refractivity contribution in [1.82, 2.24) is 19.9 Å². The van der Waals surface area contributed by atoms with Gasteiger partial charge in [0.1, 0.15) is 11.4 Å². The molecule has 8 nitrogen and oxygen atoms in total. The molecule has 0 N–H and O–H groups in total. The Balaban J connectivity index is 1.36. The lowest BCUT2D eigenvalue weighted by atomic mass is 10.1. The molecular weight excluding hydrogens is 478 g/mol. The monoisotopic (exact) mass is 507 g/mol. The summed E-state index contributed by atoms with van der Waals surface area (Å²) in [5.41, 5.74) is 5.65. The number of rotatable bonds is 6. The second-order valence-electron chi connectivity index (χ2n) is 9.92. The van der Waals surface area contributed by atoms with E-state index in [0.29, 0.717) is 25.4 Å². The average Bonchev–Trinajstić information content (AvgIpc) is 3.64. The summed E-state index contributed by atoms with van der Waals surface area (Å²) in [4.78, 5) is 22.2. The van der Waals surface area contributed by atoms with Crippen molar-refractivity contribution in [3.05, 3.63) is 101 Å². The Morgan fingerprint density at radius 1 is 0.947 bits per heavy atom. The first-order valence-electron chi connectivity index (χ1n) is 12.6. The maximum Gasteiger partial charge on any atom is 0.255 e. The summed E-state index contributed by atoms with van der Waals surface area (Å²) in [6.07, 6.45) is 1.69. The summed E-state index contributed by atoms with van der Waals surface area (Å²) in [6, 6.07) is 23.2. The Morgan fingerprint density at radius 2 is 1.61 bits per heavy atom. The van der Waals surface area contributed by atoms with Crippen LogP contribution in [0.2, 0.25) is 0 Å². The Labute approximate surface area is 221 Å². The van der Waals surface area contributed by atoms with Crippen LogP contribution in [0.15, 0.2) is 84.0 Å². The molecule has 38 heavy (non-hydrogen) atoms. The molecule has 3 aromatic carbocycles. The summed E-state index contributed by atoms with van der Waals surface area (Å²) < 4.78 is 11.7. The molecule has 8 heteroatoms. The summed E-state index contributed by atoms with van der Waals surface area (Å²) >= 11 is 0. The van der Waals surface area contributed by atoms with E-state index in [4.69, 9.17) is 19.6 Å². The molecule has 2 aliphatic rings. The first kappa shape index (κ1) is 24.1. The molecule has 1 saturated heterocycles. The van der Waals surface area contributed by atoms with Gasteiger partial charge < -0.3 is 14.4 Å². The largest absolute Gasteiger partial charge is 0.497 e. The van der Waals surface area contributed by atoms with Crippen LogP contribution in [0.1, 0.15) is 28.3 Å². The number of likely N-dealkylation sites (tertiary alicyclic amines) is 1. The van der Waals surface area contributed by atoms with Crippen molar-refractivity contribution in [1.29, 1.82) is 0 Å². The first-order chi connectivity index (χ1) is 18.4. The Morgan fingerprint density at radius 3 is 2.26 bits per heavy atom. The van der Waals surface area contributed by atoms with Crippen LogP contribution in [0.4, 0.5) is 0 Å². The van der Waals surface area contributed by atoms with Crippen molar-refractivity contribution >= 4 is 11.6 Å². The van der Waals surface area contributed by atoms with Gasteiger partial charge >= 0.3 is 0 Å². The molecule has 1 amide bonds. The van der Waals surface area contributed by atoms with Gasteiger partial charge in [0.25, 0.3) is 5.91 Å². The van der Waals surface area contributed by atoms with E-state index < -0.39 is 11.8 Å². The van der Waals surface area contributed by atoms with Gasteiger partial charge in [0, 0.05) is 12.1 Å². The fourth-order valence-corrected chi connectivity index (χ4v) is 5.03. The summed E-state index contributed by atoms with van der Waals surface area (Å²) in [5, 5.41) is 9.26. The maximum atomic E-state index is 13.9. The number of aryl methyl sites for hydroxylation is 2. The highest BCUT2D eigenvalue weighted by molar-refractivity contribution is 6.03. The molecule has 2 aliphatic heterocycles.